The number of hydrogen-bond donors (Lipinski definition) is 3. The quantitative estimate of drug-likeness (QED) is 0.794. The normalized spacial score (nSPS) is 10.2. The number of carbonyl (C=O) groups is 1. The highest BCUT2D eigenvalue weighted by atomic mass is 79.9. The molecule has 98 valence electrons. The third kappa shape index (κ3) is 3.15. The van der Waals surface area contributed by atoms with E-state index in [-0.39, 0.29) is 17.1 Å². The predicted octanol–water partition coefficient (Wildman–Crippen LogP) is 3.52. The van der Waals surface area contributed by atoms with Gasteiger partial charge in [-0.1, -0.05) is 11.6 Å². The molecule has 19 heavy (non-hydrogen) atoms. The number of carboxylic acids is 1. The largest absolute Gasteiger partial charge is 0.478 e. The van der Waals surface area contributed by atoms with Crippen LogP contribution in [0.5, 0.6) is 0 Å². The molecular formula is C12H9BrClN3O2. The van der Waals surface area contributed by atoms with Crippen LogP contribution in [0.4, 0.5) is 17.2 Å². The lowest BCUT2D eigenvalue weighted by atomic mass is 10.2. The van der Waals surface area contributed by atoms with E-state index in [1.807, 2.05) is 0 Å². The number of nitrogens with zero attached hydrogens (tertiary/aromatic N) is 1. The number of rotatable bonds is 3. The van der Waals surface area contributed by atoms with Gasteiger partial charge in [0, 0.05) is 9.50 Å². The maximum absolute atomic E-state index is 11.1. The van der Waals surface area contributed by atoms with Crippen LogP contribution in [0, 0.1) is 0 Å². The van der Waals surface area contributed by atoms with Crippen molar-refractivity contribution in [1.29, 1.82) is 0 Å². The number of nitrogens with two attached hydrogens (primary N) is 1. The fraction of sp³-hybridized carbons (Fsp3) is 0. The van der Waals surface area contributed by atoms with Gasteiger partial charge < -0.3 is 16.2 Å². The number of aromatic nitrogens is 1. The molecule has 1 heterocycles. The fourth-order valence-corrected chi connectivity index (χ4v) is 1.98. The third-order valence-corrected chi connectivity index (χ3v) is 3.25. The Bertz CT molecular complexity index is 649. The second kappa shape index (κ2) is 5.46. The van der Waals surface area contributed by atoms with Crippen LogP contribution in [0.2, 0.25) is 5.02 Å². The van der Waals surface area contributed by atoms with Gasteiger partial charge in [-0.05, 0) is 40.2 Å². The first-order valence-electron chi connectivity index (χ1n) is 5.18. The van der Waals surface area contributed by atoms with Crippen LogP contribution in [0.3, 0.4) is 0 Å². The summed E-state index contributed by atoms with van der Waals surface area (Å²) in [5, 5.41) is 12.6. The minimum Gasteiger partial charge on any atom is -0.478 e. The van der Waals surface area contributed by atoms with Crippen molar-refractivity contribution in [2.75, 3.05) is 11.1 Å². The van der Waals surface area contributed by atoms with E-state index in [0.717, 1.165) is 4.47 Å². The number of nitrogens with one attached hydrogen (secondary N) is 1. The van der Waals surface area contributed by atoms with E-state index in [4.69, 9.17) is 22.4 Å². The molecule has 0 unspecified atom stereocenters. The third-order valence-electron chi connectivity index (χ3n) is 2.32. The summed E-state index contributed by atoms with van der Waals surface area (Å²) in [6, 6.07) is 6.47. The molecule has 2 rings (SSSR count). The van der Waals surface area contributed by atoms with E-state index in [0.29, 0.717) is 10.7 Å². The number of aromatic carboxylic acids is 1. The van der Waals surface area contributed by atoms with Crippen molar-refractivity contribution in [2.24, 2.45) is 0 Å². The average Bonchev–Trinajstić information content (AvgIpc) is 2.35. The Labute approximate surface area is 122 Å². The van der Waals surface area contributed by atoms with Gasteiger partial charge in [0.15, 0.2) is 0 Å². The van der Waals surface area contributed by atoms with Gasteiger partial charge in [0.05, 0.1) is 17.6 Å². The molecule has 0 fully saturated rings. The lowest BCUT2D eigenvalue weighted by Gasteiger charge is -2.11. The van der Waals surface area contributed by atoms with Crippen LogP contribution in [-0.4, -0.2) is 16.1 Å². The van der Waals surface area contributed by atoms with Crippen molar-refractivity contribution >= 4 is 50.7 Å². The van der Waals surface area contributed by atoms with Crippen molar-refractivity contribution in [3.05, 3.63) is 45.5 Å². The first kappa shape index (κ1) is 13.6. The summed E-state index contributed by atoms with van der Waals surface area (Å²) in [7, 11) is 0. The number of nitrogen functional groups attached to an aromatic ring is 1. The predicted molar refractivity (Wildman–Crippen MR) is 78.0 cm³/mol. The zero-order valence-corrected chi connectivity index (χ0v) is 11.9. The first-order chi connectivity index (χ1) is 8.97. The van der Waals surface area contributed by atoms with Crippen molar-refractivity contribution in [3.8, 4) is 0 Å². The molecular weight excluding hydrogens is 334 g/mol. The Kier molecular flexibility index (Phi) is 3.92. The summed E-state index contributed by atoms with van der Waals surface area (Å²) in [5.41, 5.74) is 6.42. The maximum atomic E-state index is 11.1. The Morgan fingerprint density at radius 3 is 2.84 bits per heavy atom. The molecule has 0 aliphatic rings. The minimum absolute atomic E-state index is 0.00752. The van der Waals surface area contributed by atoms with E-state index in [1.54, 1.807) is 18.2 Å². The zero-order valence-electron chi connectivity index (χ0n) is 9.52. The first-order valence-corrected chi connectivity index (χ1v) is 6.35. The highest BCUT2D eigenvalue weighted by Crippen LogP contribution is 2.29. The van der Waals surface area contributed by atoms with Gasteiger partial charge in [0.1, 0.15) is 11.4 Å². The summed E-state index contributed by atoms with van der Waals surface area (Å²) >= 11 is 9.24. The van der Waals surface area contributed by atoms with Gasteiger partial charge >= 0.3 is 5.97 Å². The van der Waals surface area contributed by atoms with E-state index in [1.165, 1.54) is 12.3 Å². The molecule has 7 heteroatoms. The molecule has 5 nitrogen and oxygen atoms in total. The number of carboxylic acid groups (broad SMARTS) is 1. The zero-order chi connectivity index (χ0) is 14.0. The smallest absolute Gasteiger partial charge is 0.339 e. The topological polar surface area (TPSA) is 88.2 Å². The molecule has 2 aromatic rings. The Balaban J connectivity index is 2.43. The van der Waals surface area contributed by atoms with E-state index in [2.05, 4.69) is 26.2 Å². The van der Waals surface area contributed by atoms with Crippen LogP contribution in [0.25, 0.3) is 0 Å². The van der Waals surface area contributed by atoms with Crippen LogP contribution < -0.4 is 11.1 Å². The van der Waals surface area contributed by atoms with Crippen molar-refractivity contribution in [2.45, 2.75) is 0 Å². The van der Waals surface area contributed by atoms with Crippen molar-refractivity contribution in [3.63, 3.8) is 0 Å². The molecule has 0 amide bonds. The number of benzene rings is 1. The van der Waals surface area contributed by atoms with E-state index < -0.39 is 5.97 Å². The van der Waals surface area contributed by atoms with Gasteiger partial charge in [-0.15, -0.1) is 0 Å². The number of hydrogen-bond acceptors (Lipinski definition) is 4. The number of halogens is 2. The number of anilines is 3. The Hall–Kier alpha value is -1.79. The lowest BCUT2D eigenvalue weighted by molar-refractivity contribution is 0.0697. The van der Waals surface area contributed by atoms with Gasteiger partial charge in [-0.25, -0.2) is 9.78 Å². The summed E-state index contributed by atoms with van der Waals surface area (Å²) in [6.45, 7) is 0. The Morgan fingerprint density at radius 1 is 1.42 bits per heavy atom. The number of pyridine rings is 1. The highest BCUT2D eigenvalue weighted by molar-refractivity contribution is 9.10. The molecule has 1 aromatic carbocycles. The second-order valence-corrected chi connectivity index (χ2v) is 5.01. The summed E-state index contributed by atoms with van der Waals surface area (Å²) < 4.78 is 0.742. The van der Waals surface area contributed by atoms with Gasteiger partial charge in [-0.2, -0.15) is 0 Å². The molecule has 0 radical (unpaired) electrons. The van der Waals surface area contributed by atoms with Crippen LogP contribution in [-0.2, 0) is 0 Å². The van der Waals surface area contributed by atoms with Crippen LogP contribution in [0.1, 0.15) is 10.4 Å². The lowest BCUT2D eigenvalue weighted by Crippen LogP contribution is -2.06. The van der Waals surface area contributed by atoms with Crippen LogP contribution in [0.15, 0.2) is 34.9 Å². The molecule has 0 atom stereocenters. The standard InChI is InChI=1S/C12H9BrClN3O2/c13-9-2-1-6(14)3-10(9)17-11-8(12(18)19)4-7(15)5-16-11/h1-5H,15H2,(H,16,17)(H,18,19). The molecule has 0 saturated heterocycles. The second-order valence-electron chi connectivity index (χ2n) is 3.72. The fourth-order valence-electron chi connectivity index (χ4n) is 1.46. The Morgan fingerprint density at radius 2 is 2.16 bits per heavy atom. The molecule has 0 aliphatic heterocycles. The van der Waals surface area contributed by atoms with Gasteiger partial charge in [-0.3, -0.25) is 0 Å². The molecule has 4 N–H and O–H groups in total. The molecule has 1 aromatic heterocycles. The summed E-state index contributed by atoms with van der Waals surface area (Å²) in [6.07, 6.45) is 1.38. The molecule has 0 spiro atoms. The maximum Gasteiger partial charge on any atom is 0.339 e. The van der Waals surface area contributed by atoms with E-state index in [9.17, 15) is 4.79 Å². The molecule has 0 saturated carbocycles. The van der Waals surface area contributed by atoms with Gasteiger partial charge in [0.2, 0.25) is 0 Å². The SMILES string of the molecule is Nc1cnc(Nc2cc(Cl)ccc2Br)c(C(=O)O)c1. The van der Waals surface area contributed by atoms with Crippen molar-refractivity contribution < 1.29 is 9.90 Å². The van der Waals surface area contributed by atoms with Crippen LogP contribution >= 0.6 is 27.5 Å². The minimum atomic E-state index is -1.11. The monoisotopic (exact) mass is 341 g/mol. The van der Waals surface area contributed by atoms with Crippen molar-refractivity contribution in [1.82, 2.24) is 4.98 Å². The molecule has 0 aliphatic carbocycles. The molecule has 0 bridgehead atoms. The summed E-state index contributed by atoms with van der Waals surface area (Å²) in [5.74, 6) is -0.912. The van der Waals surface area contributed by atoms with Gasteiger partial charge in [0.25, 0.3) is 0 Å². The van der Waals surface area contributed by atoms with E-state index >= 15 is 0 Å². The average molecular weight is 343 g/mol. The highest BCUT2D eigenvalue weighted by Gasteiger charge is 2.13. The summed E-state index contributed by atoms with van der Waals surface area (Å²) in [4.78, 5) is 15.1.